The first-order valence-electron chi connectivity index (χ1n) is 7.55. The van der Waals surface area contributed by atoms with Crippen molar-refractivity contribution in [2.75, 3.05) is 25.9 Å². The Labute approximate surface area is 160 Å². The molecule has 0 atom stereocenters. The molecule has 1 aromatic rings. The lowest BCUT2D eigenvalue weighted by Gasteiger charge is -2.12. The number of hydrogen-bond acceptors (Lipinski definition) is 3. The first kappa shape index (κ1) is 23.1. The van der Waals surface area contributed by atoms with Gasteiger partial charge in [0.1, 0.15) is 5.82 Å². The van der Waals surface area contributed by atoms with Crippen molar-refractivity contribution in [1.82, 2.24) is 15.4 Å². The molecule has 0 unspecified atom stereocenters. The van der Waals surface area contributed by atoms with Crippen molar-refractivity contribution in [3.63, 3.8) is 0 Å². The van der Waals surface area contributed by atoms with Crippen LogP contribution in [0.2, 0.25) is 0 Å². The summed E-state index contributed by atoms with van der Waals surface area (Å²) < 4.78 is 38.5. The Bertz CT molecular complexity index is 638. The third kappa shape index (κ3) is 8.78. The van der Waals surface area contributed by atoms with Crippen LogP contribution in [-0.2, 0) is 16.6 Å². The molecule has 0 aliphatic rings. The summed E-state index contributed by atoms with van der Waals surface area (Å²) in [6.07, 6.45) is 0.638. The number of hydrogen-bond donors (Lipinski definition) is 3. The topological polar surface area (TPSA) is 82.6 Å². The van der Waals surface area contributed by atoms with Crippen molar-refractivity contribution >= 4 is 40.0 Å². The van der Waals surface area contributed by atoms with Crippen LogP contribution in [0.1, 0.15) is 24.5 Å². The molecular weight excluding hydrogens is 446 g/mol. The lowest BCUT2D eigenvalue weighted by atomic mass is 10.1. The van der Waals surface area contributed by atoms with Crippen LogP contribution < -0.4 is 15.4 Å². The van der Waals surface area contributed by atoms with Crippen LogP contribution in [0.15, 0.2) is 23.2 Å². The highest BCUT2D eigenvalue weighted by Gasteiger charge is 2.05. The highest BCUT2D eigenvalue weighted by atomic mass is 127. The van der Waals surface area contributed by atoms with Crippen LogP contribution in [0.25, 0.3) is 0 Å². The van der Waals surface area contributed by atoms with E-state index in [9.17, 15) is 12.8 Å². The van der Waals surface area contributed by atoms with E-state index in [1.165, 1.54) is 6.07 Å². The van der Waals surface area contributed by atoms with Gasteiger partial charge in [0, 0.05) is 26.7 Å². The lowest BCUT2D eigenvalue weighted by Crippen LogP contribution is -2.38. The first-order chi connectivity index (χ1) is 10.9. The highest BCUT2D eigenvalue weighted by Crippen LogP contribution is 2.08. The lowest BCUT2D eigenvalue weighted by molar-refractivity contribution is 0.579. The number of aliphatic imine (C=N–C) groups is 1. The predicted octanol–water partition coefficient (Wildman–Crippen LogP) is 1.75. The van der Waals surface area contributed by atoms with Gasteiger partial charge in [0.2, 0.25) is 10.0 Å². The van der Waals surface area contributed by atoms with Crippen LogP contribution in [0.3, 0.4) is 0 Å². The van der Waals surface area contributed by atoms with Crippen molar-refractivity contribution in [2.45, 2.75) is 26.8 Å². The maximum Gasteiger partial charge on any atom is 0.211 e. The van der Waals surface area contributed by atoms with Crippen molar-refractivity contribution in [1.29, 1.82) is 0 Å². The van der Waals surface area contributed by atoms with E-state index in [0.29, 0.717) is 37.6 Å². The number of nitrogens with zero attached hydrogens (tertiary/aromatic N) is 1. The van der Waals surface area contributed by atoms with Gasteiger partial charge in [0.05, 0.1) is 5.75 Å². The molecule has 0 amide bonds. The number of rotatable bonds is 8. The average Bonchev–Trinajstić information content (AvgIpc) is 2.53. The van der Waals surface area contributed by atoms with E-state index in [1.54, 1.807) is 27.0 Å². The summed E-state index contributed by atoms with van der Waals surface area (Å²) in [5.41, 5.74) is 1.44. The molecular formula is C15H26FIN4O2S. The fourth-order valence-corrected chi connectivity index (χ4v) is 2.44. The number of sulfonamides is 1. The summed E-state index contributed by atoms with van der Waals surface area (Å²) >= 11 is 0. The second-order valence-corrected chi connectivity index (χ2v) is 7.18. The normalized spacial score (nSPS) is 11.8. The molecule has 0 aliphatic carbocycles. The van der Waals surface area contributed by atoms with E-state index in [-0.39, 0.29) is 35.5 Å². The number of guanidine groups is 1. The number of benzene rings is 1. The average molecular weight is 472 g/mol. The van der Waals surface area contributed by atoms with E-state index in [2.05, 4.69) is 20.3 Å². The Kier molecular flexibility index (Phi) is 11.1. The van der Waals surface area contributed by atoms with Gasteiger partial charge in [-0.05, 0) is 37.5 Å². The zero-order valence-electron chi connectivity index (χ0n) is 14.2. The Morgan fingerprint density at radius 3 is 2.54 bits per heavy atom. The molecule has 0 aliphatic heterocycles. The van der Waals surface area contributed by atoms with Crippen molar-refractivity contribution in [3.05, 3.63) is 35.1 Å². The molecule has 0 spiro atoms. The SMILES string of the molecule is CCS(=O)(=O)NCCCNC(=NC)NCc1ccc(C)c(F)c1.I. The smallest absolute Gasteiger partial charge is 0.211 e. The van der Waals surface area contributed by atoms with Gasteiger partial charge in [0.15, 0.2) is 5.96 Å². The number of aryl methyl sites for hydroxylation is 1. The monoisotopic (exact) mass is 472 g/mol. The molecule has 6 nitrogen and oxygen atoms in total. The third-order valence-corrected chi connectivity index (χ3v) is 4.67. The molecule has 1 rings (SSSR count). The summed E-state index contributed by atoms with van der Waals surface area (Å²) in [4.78, 5) is 4.07. The largest absolute Gasteiger partial charge is 0.356 e. The van der Waals surface area contributed by atoms with Crippen LogP contribution in [0, 0.1) is 12.7 Å². The first-order valence-corrected chi connectivity index (χ1v) is 9.20. The van der Waals surface area contributed by atoms with E-state index < -0.39 is 10.0 Å². The summed E-state index contributed by atoms with van der Waals surface area (Å²) in [7, 11) is -1.50. The zero-order valence-corrected chi connectivity index (χ0v) is 17.4. The molecule has 24 heavy (non-hydrogen) atoms. The molecule has 138 valence electrons. The molecule has 9 heteroatoms. The predicted molar refractivity (Wildman–Crippen MR) is 107 cm³/mol. The third-order valence-electron chi connectivity index (χ3n) is 3.27. The zero-order chi connectivity index (χ0) is 17.3. The summed E-state index contributed by atoms with van der Waals surface area (Å²) in [5.74, 6) is 0.441. The van der Waals surface area contributed by atoms with Gasteiger partial charge < -0.3 is 10.6 Å². The Morgan fingerprint density at radius 1 is 1.25 bits per heavy atom. The van der Waals surface area contributed by atoms with Gasteiger partial charge in [0.25, 0.3) is 0 Å². The molecule has 0 radical (unpaired) electrons. The van der Waals surface area contributed by atoms with Gasteiger partial charge in [-0.15, -0.1) is 24.0 Å². The van der Waals surface area contributed by atoms with E-state index in [4.69, 9.17) is 0 Å². The molecule has 0 saturated heterocycles. The quantitative estimate of drug-likeness (QED) is 0.233. The van der Waals surface area contributed by atoms with E-state index >= 15 is 0 Å². The van der Waals surface area contributed by atoms with E-state index in [0.717, 1.165) is 5.56 Å². The molecule has 3 N–H and O–H groups in total. The minimum atomic E-state index is -3.14. The molecule has 0 bridgehead atoms. The Hall–Kier alpha value is -0.940. The molecule has 1 aromatic carbocycles. The van der Waals surface area contributed by atoms with Gasteiger partial charge in [-0.3, -0.25) is 4.99 Å². The van der Waals surface area contributed by atoms with Crippen molar-refractivity contribution < 1.29 is 12.8 Å². The summed E-state index contributed by atoms with van der Waals surface area (Å²) in [6, 6.07) is 5.09. The fraction of sp³-hybridized carbons (Fsp3) is 0.533. The van der Waals surface area contributed by atoms with Crippen LogP contribution in [0.4, 0.5) is 4.39 Å². The Morgan fingerprint density at radius 2 is 1.96 bits per heavy atom. The van der Waals surface area contributed by atoms with Gasteiger partial charge >= 0.3 is 0 Å². The van der Waals surface area contributed by atoms with E-state index in [1.807, 2.05) is 6.07 Å². The molecule has 0 aromatic heterocycles. The second-order valence-electron chi connectivity index (χ2n) is 5.09. The maximum absolute atomic E-state index is 13.5. The number of nitrogens with one attached hydrogen (secondary N) is 3. The minimum absolute atomic E-state index is 0. The molecule has 0 heterocycles. The summed E-state index contributed by atoms with van der Waals surface area (Å²) in [5, 5.41) is 6.16. The number of halogens is 2. The minimum Gasteiger partial charge on any atom is -0.356 e. The second kappa shape index (κ2) is 11.6. The summed E-state index contributed by atoms with van der Waals surface area (Å²) in [6.45, 7) is 4.73. The van der Waals surface area contributed by atoms with Gasteiger partial charge in [-0.2, -0.15) is 0 Å². The van der Waals surface area contributed by atoms with Crippen LogP contribution >= 0.6 is 24.0 Å². The van der Waals surface area contributed by atoms with Crippen molar-refractivity contribution in [2.24, 2.45) is 4.99 Å². The van der Waals surface area contributed by atoms with Crippen LogP contribution in [0.5, 0.6) is 0 Å². The van der Waals surface area contributed by atoms with Gasteiger partial charge in [-0.1, -0.05) is 12.1 Å². The molecule has 0 fully saturated rings. The fourth-order valence-electron chi connectivity index (χ4n) is 1.78. The van der Waals surface area contributed by atoms with Crippen molar-refractivity contribution in [3.8, 4) is 0 Å². The standard InChI is InChI=1S/C15H25FN4O2S.HI/c1-4-23(21,22)20-9-5-8-18-15(17-3)19-11-13-7-6-12(2)14(16)10-13;/h6-7,10,20H,4-5,8-9,11H2,1-3H3,(H2,17,18,19);1H. The van der Waals surface area contributed by atoms with Gasteiger partial charge in [-0.25, -0.2) is 17.5 Å². The molecule has 0 saturated carbocycles. The highest BCUT2D eigenvalue weighted by molar-refractivity contribution is 14.0. The Balaban J connectivity index is 0.00000529. The maximum atomic E-state index is 13.5. The van der Waals surface area contributed by atoms with Crippen LogP contribution in [-0.4, -0.2) is 40.3 Å².